The van der Waals surface area contributed by atoms with Gasteiger partial charge in [0, 0.05) is 42.5 Å². The topological polar surface area (TPSA) is 95.7 Å². The molecule has 0 aliphatic carbocycles. The molecule has 0 spiro atoms. The van der Waals surface area contributed by atoms with Crippen LogP contribution in [0.4, 0.5) is 5.69 Å². The van der Waals surface area contributed by atoms with Crippen LogP contribution in [0, 0.1) is 11.8 Å². The second-order valence-corrected chi connectivity index (χ2v) is 9.66. The van der Waals surface area contributed by atoms with Crippen molar-refractivity contribution in [2.75, 3.05) is 31.5 Å². The second kappa shape index (κ2) is 11.0. The molecule has 7 nitrogen and oxygen atoms in total. The average Bonchev–Trinajstić information content (AvgIpc) is 2.85. The molecule has 4 rings (SSSR count). The summed E-state index contributed by atoms with van der Waals surface area (Å²) in [6.45, 7) is 3.21. The van der Waals surface area contributed by atoms with E-state index in [1.165, 1.54) is 0 Å². The maximum atomic E-state index is 13.2. The van der Waals surface area contributed by atoms with Gasteiger partial charge >= 0.3 is 0 Å². The highest BCUT2D eigenvalue weighted by atomic mass is 35.5. The molecule has 8 heteroatoms. The first-order valence-corrected chi connectivity index (χ1v) is 12.2. The number of benzene rings is 2. The number of rotatable bonds is 6. The molecular formula is C26H31ClN4O3. The first kappa shape index (κ1) is 24.2. The smallest absolute Gasteiger partial charge is 0.253 e. The monoisotopic (exact) mass is 482 g/mol. The number of halogens is 1. The van der Waals surface area contributed by atoms with E-state index in [1.807, 2.05) is 24.3 Å². The number of nitrogens with zero attached hydrogens (tertiary/aromatic N) is 2. The number of piperidine rings is 2. The third kappa shape index (κ3) is 5.96. The van der Waals surface area contributed by atoms with Crippen molar-refractivity contribution < 1.29 is 14.4 Å². The molecule has 34 heavy (non-hydrogen) atoms. The highest BCUT2D eigenvalue weighted by Crippen LogP contribution is 2.25. The zero-order valence-electron chi connectivity index (χ0n) is 19.2. The Morgan fingerprint density at radius 3 is 2.41 bits per heavy atom. The van der Waals surface area contributed by atoms with Gasteiger partial charge in [-0.25, -0.2) is 0 Å². The van der Waals surface area contributed by atoms with Crippen molar-refractivity contribution in [3.8, 4) is 0 Å². The summed E-state index contributed by atoms with van der Waals surface area (Å²) in [5, 5.41) is 3.68. The molecule has 3 amide bonds. The summed E-state index contributed by atoms with van der Waals surface area (Å²) in [5.74, 6) is -0.797. The number of nitrogens with one attached hydrogen (secondary N) is 1. The summed E-state index contributed by atoms with van der Waals surface area (Å²) in [5.41, 5.74) is 7.87. The molecule has 2 unspecified atom stereocenters. The third-order valence-electron chi connectivity index (χ3n) is 6.75. The van der Waals surface area contributed by atoms with Gasteiger partial charge in [-0.2, -0.15) is 0 Å². The molecule has 2 aromatic carbocycles. The van der Waals surface area contributed by atoms with Crippen LogP contribution in [0.2, 0.25) is 5.02 Å². The molecule has 2 aliphatic rings. The minimum Gasteiger partial charge on any atom is -0.369 e. The molecule has 0 aromatic heterocycles. The molecular weight excluding hydrogens is 452 g/mol. The van der Waals surface area contributed by atoms with E-state index in [0.29, 0.717) is 36.8 Å². The van der Waals surface area contributed by atoms with E-state index >= 15 is 0 Å². The molecule has 0 saturated carbocycles. The Labute approximate surface area is 205 Å². The summed E-state index contributed by atoms with van der Waals surface area (Å²) in [4.78, 5) is 41.7. The number of amides is 3. The van der Waals surface area contributed by atoms with Crippen LogP contribution in [0.3, 0.4) is 0 Å². The van der Waals surface area contributed by atoms with Gasteiger partial charge < -0.3 is 16.0 Å². The lowest BCUT2D eigenvalue weighted by molar-refractivity contribution is -0.123. The number of carbonyl (C=O) groups excluding carboxylic acids is 3. The number of likely N-dealkylation sites (tertiary alicyclic amines) is 2. The van der Waals surface area contributed by atoms with Gasteiger partial charge in [-0.05, 0) is 68.1 Å². The Balaban J connectivity index is 1.39. The Bertz CT molecular complexity index is 1040. The Morgan fingerprint density at radius 2 is 1.65 bits per heavy atom. The molecule has 2 saturated heterocycles. The van der Waals surface area contributed by atoms with Crippen LogP contribution in [0.1, 0.15) is 41.6 Å². The number of hydrogen-bond donors (Lipinski definition) is 2. The standard InChI is InChI=1S/C26H31ClN4O3/c27-22-11-9-18(10-12-22)26(34)31-14-4-7-21(17-31)25(33)29-23-8-2-1-5-19(23)15-30-13-3-6-20(16-30)24(28)32/h1-2,5,8-12,20-21H,3-4,6-7,13-17H2,(H2,28,32)(H,29,33). The molecule has 2 atom stereocenters. The van der Waals surface area contributed by atoms with Crippen LogP contribution in [0.5, 0.6) is 0 Å². The van der Waals surface area contributed by atoms with E-state index in [9.17, 15) is 14.4 Å². The van der Waals surface area contributed by atoms with Gasteiger partial charge in [0.2, 0.25) is 11.8 Å². The maximum absolute atomic E-state index is 13.2. The lowest BCUT2D eigenvalue weighted by Crippen LogP contribution is -2.44. The SMILES string of the molecule is NC(=O)C1CCCN(Cc2ccccc2NC(=O)C2CCCN(C(=O)c3ccc(Cl)cc3)C2)C1. The van der Waals surface area contributed by atoms with Gasteiger partial charge in [0.15, 0.2) is 0 Å². The number of hydrogen-bond acceptors (Lipinski definition) is 4. The van der Waals surface area contributed by atoms with Gasteiger partial charge in [0.25, 0.3) is 5.91 Å². The second-order valence-electron chi connectivity index (χ2n) is 9.22. The largest absolute Gasteiger partial charge is 0.369 e. The zero-order valence-corrected chi connectivity index (χ0v) is 20.0. The molecule has 0 bridgehead atoms. The van der Waals surface area contributed by atoms with Crippen molar-refractivity contribution in [3.63, 3.8) is 0 Å². The summed E-state index contributed by atoms with van der Waals surface area (Å²) in [6.07, 6.45) is 3.28. The van der Waals surface area contributed by atoms with E-state index in [1.54, 1.807) is 29.2 Å². The van der Waals surface area contributed by atoms with E-state index in [0.717, 1.165) is 43.5 Å². The average molecular weight is 483 g/mol. The molecule has 0 radical (unpaired) electrons. The van der Waals surface area contributed by atoms with Crippen LogP contribution in [0.25, 0.3) is 0 Å². The van der Waals surface area contributed by atoms with Crippen LogP contribution < -0.4 is 11.1 Å². The van der Waals surface area contributed by atoms with Gasteiger partial charge in [0.1, 0.15) is 0 Å². The quantitative estimate of drug-likeness (QED) is 0.658. The minimum atomic E-state index is -0.271. The van der Waals surface area contributed by atoms with E-state index in [-0.39, 0.29) is 29.6 Å². The number of anilines is 1. The van der Waals surface area contributed by atoms with Gasteiger partial charge in [-0.15, -0.1) is 0 Å². The van der Waals surface area contributed by atoms with Crippen LogP contribution in [-0.2, 0) is 16.1 Å². The Morgan fingerprint density at radius 1 is 0.941 bits per heavy atom. The summed E-state index contributed by atoms with van der Waals surface area (Å²) < 4.78 is 0. The number of primary amides is 1. The predicted molar refractivity (Wildman–Crippen MR) is 132 cm³/mol. The lowest BCUT2D eigenvalue weighted by atomic mass is 9.95. The maximum Gasteiger partial charge on any atom is 0.253 e. The summed E-state index contributed by atoms with van der Waals surface area (Å²) in [7, 11) is 0. The van der Waals surface area contributed by atoms with E-state index < -0.39 is 0 Å². The minimum absolute atomic E-state index is 0.0743. The van der Waals surface area contributed by atoms with Crippen molar-refractivity contribution in [2.24, 2.45) is 17.6 Å². The molecule has 2 aliphatic heterocycles. The Hall–Kier alpha value is -2.90. The number of para-hydroxylation sites is 1. The fourth-order valence-electron chi connectivity index (χ4n) is 4.84. The van der Waals surface area contributed by atoms with Crippen molar-refractivity contribution >= 4 is 35.0 Å². The van der Waals surface area contributed by atoms with E-state index in [4.69, 9.17) is 17.3 Å². The van der Waals surface area contributed by atoms with Crippen LogP contribution in [-0.4, -0.2) is 53.7 Å². The molecule has 2 aromatic rings. The lowest BCUT2D eigenvalue weighted by Gasteiger charge is -2.33. The molecule has 180 valence electrons. The summed E-state index contributed by atoms with van der Waals surface area (Å²) >= 11 is 5.94. The van der Waals surface area contributed by atoms with Gasteiger partial charge in [-0.3, -0.25) is 19.3 Å². The highest BCUT2D eigenvalue weighted by molar-refractivity contribution is 6.30. The normalized spacial score (nSPS) is 21.1. The Kier molecular flexibility index (Phi) is 7.85. The molecule has 2 heterocycles. The van der Waals surface area contributed by atoms with Crippen molar-refractivity contribution in [3.05, 3.63) is 64.7 Å². The van der Waals surface area contributed by atoms with Gasteiger partial charge in [-0.1, -0.05) is 29.8 Å². The van der Waals surface area contributed by atoms with Crippen molar-refractivity contribution in [1.29, 1.82) is 0 Å². The first-order chi connectivity index (χ1) is 16.4. The number of nitrogens with two attached hydrogens (primary N) is 1. The zero-order chi connectivity index (χ0) is 24.1. The summed E-state index contributed by atoms with van der Waals surface area (Å²) in [6, 6.07) is 14.6. The highest BCUT2D eigenvalue weighted by Gasteiger charge is 2.30. The molecule has 3 N–H and O–H groups in total. The number of carbonyl (C=O) groups is 3. The third-order valence-corrected chi connectivity index (χ3v) is 7.00. The van der Waals surface area contributed by atoms with Gasteiger partial charge in [0.05, 0.1) is 11.8 Å². The van der Waals surface area contributed by atoms with E-state index in [2.05, 4.69) is 10.2 Å². The van der Waals surface area contributed by atoms with Crippen molar-refractivity contribution in [2.45, 2.75) is 32.2 Å². The van der Waals surface area contributed by atoms with Crippen molar-refractivity contribution in [1.82, 2.24) is 9.80 Å². The fourth-order valence-corrected chi connectivity index (χ4v) is 4.96. The first-order valence-electron chi connectivity index (χ1n) is 11.9. The van der Waals surface area contributed by atoms with Crippen LogP contribution in [0.15, 0.2) is 48.5 Å². The molecule has 2 fully saturated rings. The predicted octanol–water partition coefficient (Wildman–Crippen LogP) is 3.53. The van der Waals surface area contributed by atoms with Crippen LogP contribution >= 0.6 is 11.6 Å². The fraction of sp³-hybridized carbons (Fsp3) is 0.423.